The second kappa shape index (κ2) is 4.55. The van der Waals surface area contributed by atoms with Gasteiger partial charge < -0.3 is 0 Å². The van der Waals surface area contributed by atoms with Crippen molar-refractivity contribution in [1.29, 1.82) is 0 Å². The minimum atomic E-state index is -4.24. The molecule has 0 fully saturated rings. The van der Waals surface area contributed by atoms with Crippen LogP contribution in [0.5, 0.6) is 0 Å². The fourth-order valence-corrected chi connectivity index (χ4v) is 2.32. The first-order valence-electron chi connectivity index (χ1n) is 5.80. The number of hydrogen-bond acceptors (Lipinski definition) is 0. The van der Waals surface area contributed by atoms with Gasteiger partial charge in [0.25, 0.3) is 0 Å². The molecule has 0 saturated heterocycles. The molecule has 0 spiro atoms. The fourth-order valence-electron chi connectivity index (χ4n) is 2.32. The quantitative estimate of drug-likeness (QED) is 0.620. The van der Waals surface area contributed by atoms with E-state index in [2.05, 4.69) is 19.1 Å². The maximum absolute atomic E-state index is 12.4. The van der Waals surface area contributed by atoms with Crippen molar-refractivity contribution in [1.82, 2.24) is 0 Å². The van der Waals surface area contributed by atoms with Crippen molar-refractivity contribution in [3.63, 3.8) is 0 Å². The number of rotatable bonds is 1. The largest absolute Gasteiger partial charge is 0.416 e. The second-order valence-electron chi connectivity index (χ2n) is 4.69. The average Bonchev–Trinajstić information content (AvgIpc) is 2.28. The highest BCUT2D eigenvalue weighted by Crippen LogP contribution is 2.34. The normalized spacial score (nSPS) is 24.9. The molecule has 1 aromatic carbocycles. The Hall–Kier alpha value is -1.25. The summed E-state index contributed by atoms with van der Waals surface area (Å²) in [6.07, 6.45) is 1.99. The predicted octanol–water partition coefficient (Wildman–Crippen LogP) is 4.78. The standard InChI is InChI=1S/C14H15F3/c1-10-3-2-4-12(9-10)11-5-7-13(8-6-11)14(15,16)17/h2-3,5-8,10,12H,4,9H2,1H3. The van der Waals surface area contributed by atoms with Gasteiger partial charge in [-0.3, -0.25) is 0 Å². The number of alkyl halides is 3. The number of benzene rings is 1. The molecule has 3 heteroatoms. The Balaban J connectivity index is 2.16. The van der Waals surface area contributed by atoms with Crippen LogP contribution in [-0.4, -0.2) is 0 Å². The molecule has 2 unspecified atom stereocenters. The lowest BCUT2D eigenvalue weighted by atomic mass is 9.83. The molecule has 0 aliphatic heterocycles. The Morgan fingerprint density at radius 2 is 1.76 bits per heavy atom. The van der Waals surface area contributed by atoms with Gasteiger partial charge in [0.15, 0.2) is 0 Å². The van der Waals surface area contributed by atoms with Crippen LogP contribution in [0, 0.1) is 5.92 Å². The third-order valence-corrected chi connectivity index (χ3v) is 3.25. The van der Waals surface area contributed by atoms with Gasteiger partial charge in [-0.25, -0.2) is 0 Å². The summed E-state index contributed by atoms with van der Waals surface area (Å²) in [5.74, 6) is 0.869. The van der Waals surface area contributed by atoms with Gasteiger partial charge in [0.2, 0.25) is 0 Å². The van der Waals surface area contributed by atoms with E-state index in [1.165, 1.54) is 12.1 Å². The zero-order valence-electron chi connectivity index (χ0n) is 9.67. The van der Waals surface area contributed by atoms with Crippen LogP contribution in [0.4, 0.5) is 13.2 Å². The van der Waals surface area contributed by atoms with E-state index in [1.54, 1.807) is 12.1 Å². The van der Waals surface area contributed by atoms with E-state index >= 15 is 0 Å². The van der Waals surface area contributed by atoms with Crippen molar-refractivity contribution in [2.75, 3.05) is 0 Å². The molecule has 0 N–H and O–H groups in total. The molecule has 1 aliphatic rings. The third-order valence-electron chi connectivity index (χ3n) is 3.25. The van der Waals surface area contributed by atoms with Gasteiger partial charge in [-0.15, -0.1) is 0 Å². The Morgan fingerprint density at radius 1 is 1.12 bits per heavy atom. The molecule has 17 heavy (non-hydrogen) atoms. The van der Waals surface area contributed by atoms with Gasteiger partial charge in [-0.1, -0.05) is 31.2 Å². The molecule has 92 valence electrons. The Morgan fingerprint density at radius 3 is 2.29 bits per heavy atom. The van der Waals surface area contributed by atoms with Gasteiger partial charge >= 0.3 is 6.18 Å². The lowest BCUT2D eigenvalue weighted by Crippen LogP contribution is -2.09. The highest BCUT2D eigenvalue weighted by molar-refractivity contribution is 5.28. The molecule has 0 radical (unpaired) electrons. The summed E-state index contributed by atoms with van der Waals surface area (Å²) in [5, 5.41) is 0. The van der Waals surface area contributed by atoms with Crippen LogP contribution in [0.2, 0.25) is 0 Å². The topological polar surface area (TPSA) is 0 Å². The first-order valence-corrected chi connectivity index (χ1v) is 5.80. The van der Waals surface area contributed by atoms with E-state index in [-0.39, 0.29) is 0 Å². The molecule has 0 bridgehead atoms. The van der Waals surface area contributed by atoms with Gasteiger partial charge in [0, 0.05) is 0 Å². The van der Waals surface area contributed by atoms with Crippen LogP contribution in [0.1, 0.15) is 36.8 Å². The van der Waals surface area contributed by atoms with E-state index in [9.17, 15) is 13.2 Å². The van der Waals surface area contributed by atoms with Crippen LogP contribution in [0.25, 0.3) is 0 Å². The first-order chi connectivity index (χ1) is 7.97. The van der Waals surface area contributed by atoms with E-state index in [0.717, 1.165) is 18.4 Å². The molecule has 1 aromatic rings. The second-order valence-corrected chi connectivity index (χ2v) is 4.69. The zero-order valence-corrected chi connectivity index (χ0v) is 9.67. The first kappa shape index (κ1) is 12.2. The summed E-state index contributed by atoms with van der Waals surface area (Å²) in [6.45, 7) is 2.13. The molecule has 1 aliphatic carbocycles. The van der Waals surface area contributed by atoms with Gasteiger partial charge in [0.1, 0.15) is 0 Å². The Labute approximate surface area is 99.2 Å². The minimum absolute atomic E-state index is 0.359. The maximum atomic E-state index is 12.4. The van der Waals surface area contributed by atoms with Crippen molar-refractivity contribution >= 4 is 0 Å². The summed E-state index contributed by atoms with van der Waals surface area (Å²) in [5.41, 5.74) is 0.440. The summed E-state index contributed by atoms with van der Waals surface area (Å²) in [4.78, 5) is 0. The SMILES string of the molecule is CC1C=CCC(c2ccc(C(F)(F)F)cc2)C1. The lowest BCUT2D eigenvalue weighted by Gasteiger charge is -2.22. The Kier molecular flexibility index (Phi) is 3.27. The molecule has 2 rings (SSSR count). The summed E-state index contributed by atoms with van der Waals surface area (Å²) in [7, 11) is 0. The zero-order chi connectivity index (χ0) is 12.5. The summed E-state index contributed by atoms with van der Waals surface area (Å²) < 4.78 is 37.2. The van der Waals surface area contributed by atoms with Crippen molar-refractivity contribution in [2.45, 2.75) is 31.9 Å². The predicted molar refractivity (Wildman–Crippen MR) is 61.7 cm³/mol. The molecule has 0 nitrogen and oxygen atoms in total. The van der Waals surface area contributed by atoms with Gasteiger partial charge in [-0.05, 0) is 42.4 Å². The Bertz CT molecular complexity index is 400. The summed E-state index contributed by atoms with van der Waals surface area (Å²) in [6, 6.07) is 5.58. The monoisotopic (exact) mass is 240 g/mol. The van der Waals surface area contributed by atoms with Crippen LogP contribution >= 0.6 is 0 Å². The highest BCUT2D eigenvalue weighted by Gasteiger charge is 2.30. The van der Waals surface area contributed by atoms with Crippen LogP contribution in [0.3, 0.4) is 0 Å². The molecule has 2 atom stereocenters. The summed E-state index contributed by atoms with van der Waals surface area (Å²) >= 11 is 0. The maximum Gasteiger partial charge on any atom is 0.416 e. The number of allylic oxidation sites excluding steroid dienone is 2. The molecule has 0 heterocycles. The van der Waals surface area contributed by atoms with Crippen molar-refractivity contribution in [2.24, 2.45) is 5.92 Å². The van der Waals surface area contributed by atoms with Crippen molar-refractivity contribution in [3.8, 4) is 0 Å². The van der Waals surface area contributed by atoms with Crippen LogP contribution < -0.4 is 0 Å². The van der Waals surface area contributed by atoms with Gasteiger partial charge in [-0.2, -0.15) is 13.2 Å². The third kappa shape index (κ3) is 2.90. The molecule has 0 aromatic heterocycles. The molecule has 0 amide bonds. The van der Waals surface area contributed by atoms with Crippen LogP contribution in [0.15, 0.2) is 36.4 Å². The molecular formula is C14H15F3. The smallest absolute Gasteiger partial charge is 0.166 e. The average molecular weight is 240 g/mol. The van der Waals surface area contributed by atoms with E-state index in [4.69, 9.17) is 0 Å². The van der Waals surface area contributed by atoms with Crippen molar-refractivity contribution in [3.05, 3.63) is 47.5 Å². The fraction of sp³-hybridized carbons (Fsp3) is 0.429. The highest BCUT2D eigenvalue weighted by atomic mass is 19.4. The number of halogens is 3. The molecular weight excluding hydrogens is 225 g/mol. The van der Waals surface area contributed by atoms with E-state index in [1.807, 2.05) is 0 Å². The van der Waals surface area contributed by atoms with Gasteiger partial charge in [0.05, 0.1) is 5.56 Å². The number of hydrogen-bond donors (Lipinski definition) is 0. The van der Waals surface area contributed by atoms with Crippen LogP contribution in [-0.2, 0) is 6.18 Å². The van der Waals surface area contributed by atoms with Crippen molar-refractivity contribution < 1.29 is 13.2 Å². The van der Waals surface area contributed by atoms with E-state index < -0.39 is 11.7 Å². The van der Waals surface area contributed by atoms with E-state index in [0.29, 0.717) is 11.8 Å². The lowest BCUT2D eigenvalue weighted by molar-refractivity contribution is -0.137. The minimum Gasteiger partial charge on any atom is -0.166 e. The molecule has 0 saturated carbocycles.